The quantitative estimate of drug-likeness (QED) is 0.520. The Labute approximate surface area is 118 Å². The summed E-state index contributed by atoms with van der Waals surface area (Å²) in [6.45, 7) is 0. The number of hydrogen-bond donors (Lipinski definition) is 3. The predicted octanol–water partition coefficient (Wildman–Crippen LogP) is 1.94. The molecule has 3 N–H and O–H groups in total. The maximum absolute atomic E-state index is 11.9. The molecule has 3 aromatic heterocycles. The number of nitrogens with zero attached hydrogens (tertiary/aromatic N) is 3. The predicted molar refractivity (Wildman–Crippen MR) is 79.5 cm³/mol. The van der Waals surface area contributed by atoms with Gasteiger partial charge in [0, 0.05) is 11.6 Å². The molecule has 0 bridgehead atoms. The molecule has 7 heteroatoms. The molecule has 7 nitrogen and oxygen atoms in total. The Balaban J connectivity index is 1.84. The van der Waals surface area contributed by atoms with Crippen molar-refractivity contribution < 1.29 is 0 Å². The molecule has 0 aliphatic rings. The Morgan fingerprint density at radius 3 is 2.95 bits per heavy atom. The molecule has 0 aliphatic heterocycles. The van der Waals surface area contributed by atoms with E-state index in [1.165, 1.54) is 6.33 Å². The molecule has 0 unspecified atom stereocenters. The summed E-state index contributed by atoms with van der Waals surface area (Å²) in [5.74, 6) is 0.939. The number of nitrogens with one attached hydrogen (secondary N) is 3. The average molecular weight is 278 g/mol. The smallest absolute Gasteiger partial charge is 0.278 e. The summed E-state index contributed by atoms with van der Waals surface area (Å²) < 4.78 is 0. The number of aromatic nitrogens is 5. The molecule has 0 atom stereocenters. The van der Waals surface area contributed by atoms with Crippen molar-refractivity contribution in [1.82, 2.24) is 24.9 Å². The minimum atomic E-state index is -0.278. The molecule has 1 aromatic carbocycles. The number of anilines is 2. The normalized spacial score (nSPS) is 11.0. The third-order valence-corrected chi connectivity index (χ3v) is 3.21. The Morgan fingerprint density at radius 2 is 2.00 bits per heavy atom. The van der Waals surface area contributed by atoms with Gasteiger partial charge in [0.25, 0.3) is 5.56 Å². The zero-order valence-corrected chi connectivity index (χ0v) is 10.8. The van der Waals surface area contributed by atoms with E-state index in [1.807, 2.05) is 30.3 Å². The van der Waals surface area contributed by atoms with Crippen molar-refractivity contribution >= 4 is 33.7 Å². The minimum Gasteiger partial charge on any atom is -0.339 e. The number of H-pyrrole nitrogens is 2. The highest BCUT2D eigenvalue weighted by Gasteiger charge is 2.08. The Hall–Kier alpha value is -3.22. The highest BCUT2D eigenvalue weighted by molar-refractivity contribution is 5.92. The van der Waals surface area contributed by atoms with Crippen LogP contribution in [0.25, 0.3) is 21.9 Å². The number of aromatic amines is 2. The molecule has 0 saturated heterocycles. The number of hydrogen-bond acceptors (Lipinski definition) is 5. The van der Waals surface area contributed by atoms with Gasteiger partial charge in [-0.25, -0.2) is 9.97 Å². The van der Waals surface area contributed by atoms with Gasteiger partial charge in [0.2, 0.25) is 5.95 Å². The second kappa shape index (κ2) is 4.41. The van der Waals surface area contributed by atoms with Crippen LogP contribution in [0.15, 0.2) is 47.7 Å². The second-order valence-corrected chi connectivity index (χ2v) is 4.52. The number of imidazole rings is 1. The van der Waals surface area contributed by atoms with Gasteiger partial charge in [0.1, 0.15) is 5.82 Å². The van der Waals surface area contributed by atoms with Crippen molar-refractivity contribution in [1.29, 1.82) is 0 Å². The van der Waals surface area contributed by atoms with E-state index in [4.69, 9.17) is 0 Å². The maximum Gasteiger partial charge on any atom is 0.278 e. The summed E-state index contributed by atoms with van der Waals surface area (Å²) in [7, 11) is 0. The standard InChI is InChI=1S/C14H10N6O/c21-13-10-12(17-7-16-10)19-14(20-13)18-11-9-4-2-1-3-8(9)5-6-15-11/h1-7H,(H3,15,16,17,18,19,20,21). The first-order chi connectivity index (χ1) is 10.3. The van der Waals surface area contributed by atoms with E-state index < -0.39 is 0 Å². The van der Waals surface area contributed by atoms with Crippen molar-refractivity contribution in [3.63, 3.8) is 0 Å². The third-order valence-electron chi connectivity index (χ3n) is 3.21. The van der Waals surface area contributed by atoms with E-state index in [9.17, 15) is 4.79 Å². The molecule has 4 aromatic rings. The molecule has 0 saturated carbocycles. The van der Waals surface area contributed by atoms with Crippen molar-refractivity contribution in [3.8, 4) is 0 Å². The van der Waals surface area contributed by atoms with Gasteiger partial charge < -0.3 is 10.3 Å². The first-order valence-corrected chi connectivity index (χ1v) is 6.35. The lowest BCUT2D eigenvalue weighted by atomic mass is 10.1. The lowest BCUT2D eigenvalue weighted by Crippen LogP contribution is -2.11. The molecule has 0 fully saturated rings. The fourth-order valence-electron chi connectivity index (χ4n) is 2.23. The summed E-state index contributed by atoms with van der Waals surface area (Å²) in [5, 5.41) is 5.04. The van der Waals surface area contributed by atoms with Gasteiger partial charge in [-0.05, 0) is 11.5 Å². The molecule has 21 heavy (non-hydrogen) atoms. The Kier molecular flexibility index (Phi) is 2.43. The third kappa shape index (κ3) is 1.91. The van der Waals surface area contributed by atoms with E-state index >= 15 is 0 Å². The highest BCUT2D eigenvalue weighted by atomic mass is 16.1. The van der Waals surface area contributed by atoms with E-state index in [2.05, 4.69) is 30.2 Å². The molecule has 0 amide bonds. The fourth-order valence-corrected chi connectivity index (χ4v) is 2.23. The van der Waals surface area contributed by atoms with Crippen LogP contribution in [0.5, 0.6) is 0 Å². The topological polar surface area (TPSA) is 99.3 Å². The van der Waals surface area contributed by atoms with Crippen LogP contribution in [0.1, 0.15) is 0 Å². The van der Waals surface area contributed by atoms with Crippen LogP contribution in [0.3, 0.4) is 0 Å². The van der Waals surface area contributed by atoms with Crippen LogP contribution in [-0.2, 0) is 0 Å². The Bertz CT molecular complexity index is 998. The molecule has 3 heterocycles. The number of pyridine rings is 1. The molecular weight excluding hydrogens is 268 g/mol. The van der Waals surface area contributed by atoms with E-state index in [1.54, 1.807) is 6.20 Å². The van der Waals surface area contributed by atoms with Gasteiger partial charge in [-0.2, -0.15) is 4.98 Å². The molecular formula is C14H10N6O. The van der Waals surface area contributed by atoms with E-state index in [0.717, 1.165) is 10.8 Å². The van der Waals surface area contributed by atoms with Crippen molar-refractivity contribution in [2.24, 2.45) is 0 Å². The second-order valence-electron chi connectivity index (χ2n) is 4.52. The van der Waals surface area contributed by atoms with Gasteiger partial charge in [0.05, 0.1) is 6.33 Å². The van der Waals surface area contributed by atoms with Crippen LogP contribution in [0, 0.1) is 0 Å². The van der Waals surface area contributed by atoms with Gasteiger partial charge in [-0.3, -0.25) is 9.78 Å². The lowest BCUT2D eigenvalue weighted by molar-refractivity contribution is 1.14. The van der Waals surface area contributed by atoms with Gasteiger partial charge in [-0.15, -0.1) is 0 Å². The number of rotatable bonds is 2. The largest absolute Gasteiger partial charge is 0.339 e. The summed E-state index contributed by atoms with van der Waals surface area (Å²) in [4.78, 5) is 29.8. The van der Waals surface area contributed by atoms with Crippen molar-refractivity contribution in [3.05, 3.63) is 53.2 Å². The van der Waals surface area contributed by atoms with Crippen LogP contribution in [0.4, 0.5) is 11.8 Å². The zero-order valence-electron chi connectivity index (χ0n) is 10.8. The maximum atomic E-state index is 11.9. The van der Waals surface area contributed by atoms with Crippen LogP contribution in [-0.4, -0.2) is 24.9 Å². The number of fused-ring (bicyclic) bond motifs is 2. The fraction of sp³-hybridized carbons (Fsp3) is 0. The summed E-state index contributed by atoms with van der Waals surface area (Å²) in [6, 6.07) is 9.77. The summed E-state index contributed by atoms with van der Waals surface area (Å²) in [5.41, 5.74) is 0.438. The molecule has 0 radical (unpaired) electrons. The van der Waals surface area contributed by atoms with E-state index in [-0.39, 0.29) is 5.56 Å². The highest BCUT2D eigenvalue weighted by Crippen LogP contribution is 2.22. The van der Waals surface area contributed by atoms with Gasteiger partial charge in [-0.1, -0.05) is 24.3 Å². The van der Waals surface area contributed by atoms with Crippen LogP contribution in [0.2, 0.25) is 0 Å². The Morgan fingerprint density at radius 1 is 1.10 bits per heavy atom. The van der Waals surface area contributed by atoms with Gasteiger partial charge >= 0.3 is 0 Å². The molecule has 0 aliphatic carbocycles. The monoisotopic (exact) mass is 278 g/mol. The van der Waals surface area contributed by atoms with Crippen LogP contribution < -0.4 is 10.9 Å². The SMILES string of the molecule is O=c1[nH]c(Nc2nccc3ccccc23)nc2nc[nH]c12. The first-order valence-electron chi connectivity index (χ1n) is 6.35. The summed E-state index contributed by atoms with van der Waals surface area (Å²) >= 11 is 0. The average Bonchev–Trinajstić information content (AvgIpc) is 2.97. The number of benzene rings is 1. The summed E-state index contributed by atoms with van der Waals surface area (Å²) in [6.07, 6.45) is 3.14. The van der Waals surface area contributed by atoms with E-state index in [0.29, 0.717) is 22.9 Å². The molecule has 4 rings (SSSR count). The van der Waals surface area contributed by atoms with Gasteiger partial charge in [0.15, 0.2) is 11.2 Å². The first kappa shape index (κ1) is 11.6. The molecule has 102 valence electrons. The minimum absolute atomic E-state index is 0.278. The zero-order chi connectivity index (χ0) is 14.2. The van der Waals surface area contributed by atoms with Crippen LogP contribution >= 0.6 is 0 Å². The lowest BCUT2D eigenvalue weighted by Gasteiger charge is -2.07. The molecule has 0 spiro atoms. The van der Waals surface area contributed by atoms with Crippen molar-refractivity contribution in [2.45, 2.75) is 0 Å². The van der Waals surface area contributed by atoms with Crippen molar-refractivity contribution in [2.75, 3.05) is 5.32 Å².